The van der Waals surface area contributed by atoms with Crippen LogP contribution in [0.1, 0.15) is 55.4 Å². The van der Waals surface area contributed by atoms with Gasteiger partial charge in [0.05, 0.1) is 12.6 Å². The molecule has 0 rings (SSSR count). The maximum absolute atomic E-state index is 13.4. The highest BCUT2D eigenvalue weighted by Crippen LogP contribution is 2.16. The maximum Gasteiger partial charge on any atom is 0.337 e. The van der Waals surface area contributed by atoms with Crippen LogP contribution in [0.15, 0.2) is 0 Å². The Morgan fingerprint density at radius 2 is 0.941 bits per heavy atom. The molecule has 0 fully saturated rings. The number of nitrogens with two attached hydrogens (primary N) is 1. The van der Waals surface area contributed by atoms with E-state index in [1.54, 1.807) is 0 Å². The second-order valence-electron chi connectivity index (χ2n) is 10.3. The number of alkyl halides is 2. The average Bonchev–Trinajstić information content (AvgIpc) is 2.69. The highest BCUT2D eigenvalue weighted by atomic mass is 19.1. The Morgan fingerprint density at radius 1 is 0.647 bits per heavy atom. The Balaban J connectivity index is 5.51. The summed E-state index contributed by atoms with van der Waals surface area (Å²) in [6.07, 6.45) is 0. The topological polar surface area (TPSA) is 169 Å². The van der Waals surface area contributed by atoms with Gasteiger partial charge in [0.1, 0.15) is 30.0 Å². The van der Waals surface area contributed by atoms with Gasteiger partial charge in [0.25, 0.3) is 0 Å². The molecule has 0 unspecified atom stereocenters. The second-order valence-corrected chi connectivity index (χ2v) is 10.3. The molecule has 6 N–H and O–H groups in total. The van der Waals surface area contributed by atoms with Crippen molar-refractivity contribution >= 4 is 29.6 Å². The van der Waals surface area contributed by atoms with Crippen molar-refractivity contribution < 1.29 is 37.5 Å². The quantitative estimate of drug-likeness (QED) is 0.239. The Bertz CT molecular complexity index is 817. The van der Waals surface area contributed by atoms with Crippen LogP contribution in [-0.2, 0) is 28.7 Å². The minimum Gasteiger partial charge on any atom is -0.467 e. The molecule has 0 aliphatic rings. The first-order chi connectivity index (χ1) is 15.1. The third-order valence-corrected chi connectivity index (χ3v) is 4.95. The van der Waals surface area contributed by atoms with E-state index >= 15 is 0 Å². The molecule has 196 valence electrons. The van der Waals surface area contributed by atoms with E-state index < -0.39 is 70.6 Å². The summed E-state index contributed by atoms with van der Waals surface area (Å²) >= 11 is 0. The van der Waals surface area contributed by atoms with Crippen LogP contribution < -0.4 is 27.0 Å². The van der Waals surface area contributed by atoms with Gasteiger partial charge in [-0.05, 0) is 55.4 Å². The zero-order valence-electron chi connectivity index (χ0n) is 21.2. The van der Waals surface area contributed by atoms with E-state index in [0.717, 1.165) is 7.11 Å². The van der Waals surface area contributed by atoms with E-state index in [4.69, 9.17) is 5.73 Å². The highest BCUT2D eigenvalue weighted by molar-refractivity contribution is 6.00. The van der Waals surface area contributed by atoms with Gasteiger partial charge in [-0.25, -0.2) is 13.6 Å². The molecule has 0 aliphatic heterocycles. The number of rotatable bonds is 11. The zero-order valence-corrected chi connectivity index (χ0v) is 21.2. The van der Waals surface area contributed by atoms with Crippen molar-refractivity contribution in [2.75, 3.05) is 20.5 Å². The normalized spacial score (nSPS) is 12.9. The molecule has 0 aliphatic carbocycles. The smallest absolute Gasteiger partial charge is 0.337 e. The molecular weight excluding hydrogens is 456 g/mol. The number of hydrogen-bond donors (Lipinski definition) is 5. The SMILES string of the molecule is COC(=O)C(CF)(CF)NC(=O)C(C)(C)NC(=O)C(C)(C)NC(=O)C(C)(C)NC(=O)C(C)(C)N. The van der Waals surface area contributed by atoms with E-state index in [9.17, 15) is 32.8 Å². The lowest BCUT2D eigenvalue weighted by molar-refractivity contribution is -0.153. The van der Waals surface area contributed by atoms with Crippen molar-refractivity contribution in [1.82, 2.24) is 21.3 Å². The lowest BCUT2D eigenvalue weighted by Gasteiger charge is -2.36. The molecule has 0 spiro atoms. The lowest BCUT2D eigenvalue weighted by Crippen LogP contribution is -2.69. The fraction of sp³-hybridized carbons (Fsp3) is 0.762. The molecule has 11 nitrogen and oxygen atoms in total. The van der Waals surface area contributed by atoms with E-state index in [1.807, 2.05) is 5.32 Å². The van der Waals surface area contributed by atoms with Crippen molar-refractivity contribution in [2.24, 2.45) is 5.73 Å². The number of hydrogen-bond acceptors (Lipinski definition) is 7. The van der Waals surface area contributed by atoms with Crippen LogP contribution in [-0.4, -0.2) is 77.8 Å². The summed E-state index contributed by atoms with van der Waals surface area (Å²) in [6, 6.07) is 0. The van der Waals surface area contributed by atoms with Crippen molar-refractivity contribution in [2.45, 2.75) is 83.1 Å². The monoisotopic (exact) mass is 493 g/mol. The number of ether oxygens (including phenoxy) is 1. The Kier molecular flexibility index (Phi) is 9.73. The van der Waals surface area contributed by atoms with E-state index in [2.05, 4.69) is 20.7 Å². The predicted octanol–water partition coefficient (Wildman–Crippen LogP) is -0.625. The van der Waals surface area contributed by atoms with E-state index in [0.29, 0.717) is 0 Å². The maximum atomic E-state index is 13.4. The molecule has 0 heterocycles. The minimum absolute atomic E-state index is 0.595. The average molecular weight is 494 g/mol. The second kappa shape index (κ2) is 10.6. The molecular formula is C21H37F2N5O6. The molecule has 0 saturated heterocycles. The molecule has 34 heavy (non-hydrogen) atoms. The number of methoxy groups -OCH3 is 1. The summed E-state index contributed by atoms with van der Waals surface area (Å²) in [4.78, 5) is 62.3. The third kappa shape index (κ3) is 7.61. The minimum atomic E-state index is -2.56. The van der Waals surface area contributed by atoms with Crippen molar-refractivity contribution in [3.63, 3.8) is 0 Å². The number of nitrogens with one attached hydrogen (secondary N) is 4. The fourth-order valence-electron chi connectivity index (χ4n) is 2.33. The number of esters is 1. The van der Waals surface area contributed by atoms with Crippen LogP contribution >= 0.6 is 0 Å². The van der Waals surface area contributed by atoms with Gasteiger partial charge in [-0.15, -0.1) is 0 Å². The molecule has 0 radical (unpaired) electrons. The third-order valence-electron chi connectivity index (χ3n) is 4.95. The number of carbonyl (C=O) groups is 5. The first-order valence-corrected chi connectivity index (χ1v) is 10.4. The van der Waals surface area contributed by atoms with Crippen molar-refractivity contribution in [1.29, 1.82) is 0 Å². The number of halogens is 2. The predicted molar refractivity (Wildman–Crippen MR) is 120 cm³/mol. The fourth-order valence-corrected chi connectivity index (χ4v) is 2.33. The van der Waals surface area contributed by atoms with Gasteiger partial charge in [-0.2, -0.15) is 0 Å². The van der Waals surface area contributed by atoms with E-state index in [-0.39, 0.29) is 0 Å². The van der Waals surface area contributed by atoms with Crippen LogP contribution in [0.3, 0.4) is 0 Å². The summed E-state index contributed by atoms with van der Waals surface area (Å²) in [6.45, 7) is 7.77. The van der Waals surface area contributed by atoms with Gasteiger partial charge in [0.15, 0.2) is 5.54 Å². The lowest BCUT2D eigenvalue weighted by atomic mass is 9.94. The van der Waals surface area contributed by atoms with Crippen LogP contribution in [0.4, 0.5) is 8.78 Å². The summed E-state index contributed by atoms with van der Waals surface area (Å²) < 4.78 is 31.2. The first kappa shape index (κ1) is 31.2. The van der Waals surface area contributed by atoms with Gasteiger partial charge in [-0.1, -0.05) is 0 Å². The van der Waals surface area contributed by atoms with Gasteiger partial charge in [-0.3, -0.25) is 19.2 Å². The number of carbonyl (C=O) groups excluding carboxylic acids is 5. The van der Waals surface area contributed by atoms with E-state index in [1.165, 1.54) is 55.4 Å². The first-order valence-electron chi connectivity index (χ1n) is 10.4. The molecule has 0 aromatic rings. The van der Waals surface area contributed by atoms with Gasteiger partial charge < -0.3 is 31.7 Å². The summed E-state index contributed by atoms with van der Waals surface area (Å²) in [7, 11) is 0.908. The Labute approximate surface area is 198 Å². The van der Waals surface area contributed by atoms with Crippen LogP contribution in [0.2, 0.25) is 0 Å². The summed E-state index contributed by atoms with van der Waals surface area (Å²) in [5, 5.41) is 9.30. The van der Waals surface area contributed by atoms with Crippen LogP contribution in [0.25, 0.3) is 0 Å². The van der Waals surface area contributed by atoms with Gasteiger partial charge in [0, 0.05) is 0 Å². The van der Waals surface area contributed by atoms with Gasteiger partial charge in [0.2, 0.25) is 23.6 Å². The standard InChI is InChI=1S/C21H37F2N5O6/c1-17(2,24)12(29)25-18(3,4)13(30)26-19(5,6)14(31)27-20(7,8)15(32)28-21(10-22,11-23)16(33)34-9/h10-11,24H2,1-9H3,(H,25,29)(H,26,30)(H,27,31)(H,28,32). The van der Waals surface area contributed by atoms with Crippen LogP contribution in [0.5, 0.6) is 0 Å². The van der Waals surface area contributed by atoms with Gasteiger partial charge >= 0.3 is 5.97 Å². The van der Waals surface area contributed by atoms with Crippen LogP contribution in [0, 0.1) is 0 Å². The molecule has 13 heteroatoms. The summed E-state index contributed by atoms with van der Waals surface area (Å²) in [5.41, 5.74) is -2.87. The summed E-state index contributed by atoms with van der Waals surface area (Å²) in [5.74, 6) is -4.53. The van der Waals surface area contributed by atoms with Crippen molar-refractivity contribution in [3.8, 4) is 0 Å². The largest absolute Gasteiger partial charge is 0.467 e. The highest BCUT2D eigenvalue weighted by Gasteiger charge is 2.46. The number of amides is 4. The molecule has 4 amide bonds. The molecule has 0 saturated carbocycles. The Hall–Kier alpha value is -2.83. The molecule has 0 bridgehead atoms. The van der Waals surface area contributed by atoms with Crippen molar-refractivity contribution in [3.05, 3.63) is 0 Å². The molecule has 0 aromatic carbocycles. The molecule has 0 atom stereocenters. The zero-order chi connectivity index (χ0) is 27.3. The Morgan fingerprint density at radius 3 is 1.21 bits per heavy atom. The molecule has 0 aromatic heterocycles.